The van der Waals surface area contributed by atoms with E-state index in [4.69, 9.17) is 0 Å². The van der Waals surface area contributed by atoms with Crippen molar-refractivity contribution in [3.05, 3.63) is 125 Å². The van der Waals surface area contributed by atoms with E-state index in [0.29, 0.717) is 16.8 Å². The minimum absolute atomic E-state index is 0.0150. The molecule has 2 N–H and O–H groups in total. The zero-order valence-corrected chi connectivity index (χ0v) is 21.7. The second-order valence-electron chi connectivity index (χ2n) is 8.60. The van der Waals surface area contributed by atoms with E-state index in [1.165, 1.54) is 25.1 Å². The molecule has 38 heavy (non-hydrogen) atoms. The summed E-state index contributed by atoms with van der Waals surface area (Å²) < 4.78 is 25.0. The van der Waals surface area contributed by atoms with Gasteiger partial charge in [0.05, 0.1) is 33.2 Å². The fourth-order valence-corrected chi connectivity index (χ4v) is 5.04. The number of carbonyl (C=O) groups excluding carboxylic acids is 3. The molecule has 0 saturated carbocycles. The highest BCUT2D eigenvalue weighted by molar-refractivity contribution is 7.91. The average Bonchev–Trinajstić information content (AvgIpc) is 2.94. The van der Waals surface area contributed by atoms with Crippen molar-refractivity contribution < 1.29 is 22.8 Å². The maximum absolute atomic E-state index is 13.4. The Bertz CT molecular complexity index is 1630. The van der Waals surface area contributed by atoms with E-state index in [-0.39, 0.29) is 33.2 Å². The molecular formula is C30H26N2O5S. The Morgan fingerprint density at radius 2 is 1.21 bits per heavy atom. The summed E-state index contributed by atoms with van der Waals surface area (Å²) in [5.41, 5.74) is 2.34. The van der Waals surface area contributed by atoms with Crippen molar-refractivity contribution in [1.29, 1.82) is 0 Å². The third kappa shape index (κ3) is 5.71. The predicted molar refractivity (Wildman–Crippen MR) is 148 cm³/mol. The summed E-state index contributed by atoms with van der Waals surface area (Å²) in [6, 6.07) is 26.2. The number of aryl methyl sites for hydroxylation is 1. The minimum Gasteiger partial charge on any atom is -0.321 e. The normalized spacial score (nSPS) is 11.0. The largest absolute Gasteiger partial charge is 0.321 e. The van der Waals surface area contributed by atoms with E-state index in [0.717, 1.165) is 5.56 Å². The number of amides is 2. The summed E-state index contributed by atoms with van der Waals surface area (Å²) >= 11 is 0. The van der Waals surface area contributed by atoms with Crippen molar-refractivity contribution in [3.8, 4) is 0 Å². The molecule has 0 spiro atoms. The zero-order valence-electron chi connectivity index (χ0n) is 20.9. The lowest BCUT2D eigenvalue weighted by Crippen LogP contribution is -2.21. The molecule has 0 fully saturated rings. The van der Waals surface area contributed by atoms with E-state index in [2.05, 4.69) is 10.6 Å². The Balaban J connectivity index is 1.64. The fraction of sp³-hybridized carbons (Fsp3) is 0.100. The number of ketones is 1. The Morgan fingerprint density at radius 3 is 1.89 bits per heavy atom. The molecule has 0 aromatic heterocycles. The number of rotatable bonds is 8. The molecule has 0 unspecified atom stereocenters. The SMILES string of the molecule is CCS(=O)(=O)c1ccccc1C(=O)Nc1ccccc1C(=O)Nc1ccc(C)cc1C(=O)c1ccccc1. The molecule has 0 atom stereocenters. The summed E-state index contributed by atoms with van der Waals surface area (Å²) in [5, 5.41) is 5.47. The van der Waals surface area contributed by atoms with Crippen LogP contribution in [0.25, 0.3) is 0 Å². The summed E-state index contributed by atoms with van der Waals surface area (Å²) in [6.07, 6.45) is 0. The number of hydrogen-bond acceptors (Lipinski definition) is 5. The van der Waals surface area contributed by atoms with E-state index in [1.54, 1.807) is 72.8 Å². The molecule has 0 heterocycles. The number of sulfone groups is 1. The summed E-state index contributed by atoms with van der Waals surface area (Å²) in [6.45, 7) is 3.36. The molecule has 0 saturated heterocycles. The number of hydrogen-bond donors (Lipinski definition) is 2. The monoisotopic (exact) mass is 526 g/mol. The number of nitrogens with one attached hydrogen (secondary N) is 2. The molecule has 0 radical (unpaired) electrons. The number of para-hydroxylation sites is 1. The van der Waals surface area contributed by atoms with Gasteiger partial charge in [-0.2, -0.15) is 0 Å². The molecule has 0 aliphatic carbocycles. The van der Waals surface area contributed by atoms with Gasteiger partial charge in [0.15, 0.2) is 15.6 Å². The minimum atomic E-state index is -3.64. The van der Waals surface area contributed by atoms with Gasteiger partial charge in [-0.15, -0.1) is 0 Å². The van der Waals surface area contributed by atoms with Crippen LogP contribution in [0.15, 0.2) is 102 Å². The molecule has 0 bridgehead atoms. The van der Waals surface area contributed by atoms with Crippen LogP contribution in [0, 0.1) is 6.92 Å². The molecule has 4 aromatic carbocycles. The highest BCUT2D eigenvalue weighted by atomic mass is 32.2. The van der Waals surface area contributed by atoms with Crippen molar-refractivity contribution in [3.63, 3.8) is 0 Å². The van der Waals surface area contributed by atoms with Crippen molar-refractivity contribution in [2.45, 2.75) is 18.7 Å². The molecule has 192 valence electrons. The third-order valence-corrected chi connectivity index (χ3v) is 7.76. The van der Waals surface area contributed by atoms with Gasteiger partial charge in [-0.25, -0.2) is 8.42 Å². The summed E-state index contributed by atoms with van der Waals surface area (Å²) in [7, 11) is -3.64. The van der Waals surface area contributed by atoms with Crippen molar-refractivity contribution >= 4 is 38.8 Å². The Kier molecular flexibility index (Phi) is 7.83. The van der Waals surface area contributed by atoms with Crippen molar-refractivity contribution in [2.24, 2.45) is 0 Å². The topological polar surface area (TPSA) is 109 Å². The summed E-state index contributed by atoms with van der Waals surface area (Å²) in [5.74, 6) is -1.59. The van der Waals surface area contributed by atoms with Crippen LogP contribution in [0.2, 0.25) is 0 Å². The first-order valence-corrected chi connectivity index (χ1v) is 13.6. The molecule has 7 nitrogen and oxygen atoms in total. The molecule has 0 aliphatic heterocycles. The van der Waals surface area contributed by atoms with Crippen LogP contribution >= 0.6 is 0 Å². The van der Waals surface area contributed by atoms with E-state index >= 15 is 0 Å². The third-order valence-electron chi connectivity index (χ3n) is 5.97. The molecule has 0 aliphatic rings. The van der Waals surface area contributed by atoms with Gasteiger partial charge < -0.3 is 10.6 Å². The van der Waals surface area contributed by atoms with E-state index in [9.17, 15) is 22.8 Å². The maximum Gasteiger partial charge on any atom is 0.257 e. The smallest absolute Gasteiger partial charge is 0.257 e. The van der Waals surface area contributed by atoms with Gasteiger partial charge in [-0.05, 0) is 43.3 Å². The lowest BCUT2D eigenvalue weighted by atomic mass is 9.99. The number of anilines is 2. The summed E-state index contributed by atoms with van der Waals surface area (Å²) in [4.78, 5) is 39.6. The maximum atomic E-state index is 13.4. The van der Waals surface area contributed by atoms with Crippen LogP contribution in [-0.4, -0.2) is 31.8 Å². The molecule has 2 amide bonds. The van der Waals surface area contributed by atoms with Gasteiger partial charge in [-0.1, -0.05) is 73.2 Å². The van der Waals surface area contributed by atoms with Crippen LogP contribution in [0.5, 0.6) is 0 Å². The number of benzene rings is 4. The van der Waals surface area contributed by atoms with E-state index < -0.39 is 21.7 Å². The lowest BCUT2D eigenvalue weighted by Gasteiger charge is -2.15. The van der Waals surface area contributed by atoms with Crippen LogP contribution in [-0.2, 0) is 9.84 Å². The fourth-order valence-electron chi connectivity index (χ4n) is 3.95. The first-order chi connectivity index (χ1) is 18.2. The first kappa shape index (κ1) is 26.5. The van der Waals surface area contributed by atoms with Gasteiger partial charge in [0, 0.05) is 11.1 Å². The van der Waals surface area contributed by atoms with Crippen molar-refractivity contribution in [1.82, 2.24) is 0 Å². The average molecular weight is 527 g/mol. The van der Waals surface area contributed by atoms with Gasteiger partial charge in [0.1, 0.15) is 0 Å². The Morgan fingerprint density at radius 1 is 0.658 bits per heavy atom. The van der Waals surface area contributed by atoms with Gasteiger partial charge in [0.2, 0.25) is 0 Å². The predicted octanol–water partition coefficient (Wildman–Crippen LogP) is 5.52. The Labute approximate surface area is 221 Å². The molecule has 4 rings (SSSR count). The van der Waals surface area contributed by atoms with Gasteiger partial charge >= 0.3 is 0 Å². The second-order valence-corrected chi connectivity index (χ2v) is 10.8. The highest BCUT2D eigenvalue weighted by Gasteiger charge is 2.23. The Hall–Kier alpha value is -4.56. The van der Waals surface area contributed by atoms with Gasteiger partial charge in [-0.3, -0.25) is 14.4 Å². The molecule has 4 aromatic rings. The lowest BCUT2D eigenvalue weighted by molar-refractivity contribution is 0.102. The van der Waals surface area contributed by atoms with Gasteiger partial charge in [0.25, 0.3) is 11.8 Å². The molecular weight excluding hydrogens is 500 g/mol. The van der Waals surface area contributed by atoms with Crippen LogP contribution in [0.4, 0.5) is 11.4 Å². The standard InChI is InChI=1S/C30H26N2O5S/c1-3-38(36,37)27-16-10-8-14-23(27)30(35)31-25-15-9-7-13-22(25)29(34)32-26-18-17-20(2)19-24(26)28(33)21-11-5-4-6-12-21/h4-19H,3H2,1-2H3,(H,31,35)(H,32,34). The second kappa shape index (κ2) is 11.2. The zero-order chi connectivity index (χ0) is 27.3. The first-order valence-electron chi connectivity index (χ1n) is 11.9. The van der Waals surface area contributed by atoms with Crippen LogP contribution in [0.1, 0.15) is 49.1 Å². The van der Waals surface area contributed by atoms with E-state index in [1.807, 2.05) is 13.0 Å². The van der Waals surface area contributed by atoms with Crippen LogP contribution < -0.4 is 10.6 Å². The number of carbonyl (C=O) groups is 3. The van der Waals surface area contributed by atoms with Crippen molar-refractivity contribution in [2.75, 3.05) is 16.4 Å². The highest BCUT2D eigenvalue weighted by Crippen LogP contribution is 2.25. The quantitative estimate of drug-likeness (QED) is 0.294. The van der Waals surface area contributed by atoms with Crippen LogP contribution in [0.3, 0.4) is 0 Å². The molecule has 8 heteroatoms.